The molecule has 0 spiro atoms. The Labute approximate surface area is 101 Å². The van der Waals surface area contributed by atoms with E-state index >= 15 is 0 Å². The third-order valence-electron chi connectivity index (χ3n) is 3.74. The molecule has 1 nitrogen and oxygen atoms in total. The van der Waals surface area contributed by atoms with Gasteiger partial charge < -0.3 is 4.74 Å². The normalized spacial score (nSPS) is 30.3. The van der Waals surface area contributed by atoms with Crippen LogP contribution >= 0.6 is 0 Å². The van der Waals surface area contributed by atoms with Crippen molar-refractivity contribution in [3.05, 3.63) is 12.2 Å². The largest absolute Gasteiger partial charge is 0.375 e. The number of unbranched alkanes of at least 4 members (excludes halogenated alkanes) is 2. The van der Waals surface area contributed by atoms with Crippen molar-refractivity contribution in [3.63, 3.8) is 0 Å². The summed E-state index contributed by atoms with van der Waals surface area (Å²) in [5, 5.41) is 0. The first-order valence-electron chi connectivity index (χ1n) is 6.95. The standard InChI is InChI=1S/C15H28O/c1-5-6-7-8-12(2)11-15-10-9-13(3)16-14(15)4/h13-15H,2,5-11H2,1,3-4H3/t13-,14+,15+/m0/s1. The highest BCUT2D eigenvalue weighted by molar-refractivity contribution is 4.97. The van der Waals surface area contributed by atoms with Crippen molar-refractivity contribution in [2.24, 2.45) is 5.92 Å². The molecule has 0 N–H and O–H groups in total. The predicted octanol–water partition coefficient (Wildman–Crippen LogP) is 4.72. The van der Waals surface area contributed by atoms with Crippen molar-refractivity contribution < 1.29 is 4.74 Å². The molecule has 1 heteroatoms. The van der Waals surface area contributed by atoms with Gasteiger partial charge in [0.25, 0.3) is 0 Å². The van der Waals surface area contributed by atoms with Crippen LogP contribution in [0.1, 0.15) is 65.7 Å². The lowest BCUT2D eigenvalue weighted by Crippen LogP contribution is -2.31. The van der Waals surface area contributed by atoms with Crippen molar-refractivity contribution in [2.75, 3.05) is 0 Å². The smallest absolute Gasteiger partial charge is 0.0581 e. The number of rotatable bonds is 6. The number of hydrogen-bond donors (Lipinski definition) is 0. The first-order valence-corrected chi connectivity index (χ1v) is 6.95. The second-order valence-electron chi connectivity index (χ2n) is 5.40. The van der Waals surface area contributed by atoms with E-state index in [9.17, 15) is 0 Å². The minimum atomic E-state index is 0.423. The van der Waals surface area contributed by atoms with E-state index in [1.165, 1.54) is 50.5 Å². The predicted molar refractivity (Wildman–Crippen MR) is 70.6 cm³/mol. The van der Waals surface area contributed by atoms with Crippen molar-refractivity contribution in [3.8, 4) is 0 Å². The van der Waals surface area contributed by atoms with Gasteiger partial charge >= 0.3 is 0 Å². The molecule has 1 rings (SSSR count). The summed E-state index contributed by atoms with van der Waals surface area (Å²) in [4.78, 5) is 0. The van der Waals surface area contributed by atoms with E-state index in [0.717, 1.165) is 0 Å². The summed E-state index contributed by atoms with van der Waals surface area (Å²) < 4.78 is 5.88. The van der Waals surface area contributed by atoms with Gasteiger partial charge in [0, 0.05) is 0 Å². The van der Waals surface area contributed by atoms with Crippen LogP contribution in [0.2, 0.25) is 0 Å². The molecule has 1 fully saturated rings. The van der Waals surface area contributed by atoms with Gasteiger partial charge in [-0.05, 0) is 51.9 Å². The lowest BCUT2D eigenvalue weighted by atomic mass is 9.86. The van der Waals surface area contributed by atoms with Gasteiger partial charge in [-0.1, -0.05) is 31.9 Å². The zero-order chi connectivity index (χ0) is 12.0. The molecule has 0 saturated carbocycles. The van der Waals surface area contributed by atoms with E-state index in [-0.39, 0.29) is 0 Å². The Kier molecular flexibility index (Phi) is 6.12. The van der Waals surface area contributed by atoms with Gasteiger partial charge in [0.15, 0.2) is 0 Å². The van der Waals surface area contributed by atoms with Crippen LogP contribution in [0, 0.1) is 5.92 Å². The maximum Gasteiger partial charge on any atom is 0.0581 e. The molecule has 3 atom stereocenters. The van der Waals surface area contributed by atoms with Crippen molar-refractivity contribution in [1.82, 2.24) is 0 Å². The Balaban J connectivity index is 2.22. The molecule has 1 aliphatic rings. The van der Waals surface area contributed by atoms with E-state index in [1.807, 2.05) is 0 Å². The van der Waals surface area contributed by atoms with Crippen LogP contribution in [0.25, 0.3) is 0 Å². The fourth-order valence-electron chi connectivity index (χ4n) is 2.59. The van der Waals surface area contributed by atoms with Crippen molar-refractivity contribution in [2.45, 2.75) is 77.9 Å². The second kappa shape index (κ2) is 7.11. The van der Waals surface area contributed by atoms with Crippen molar-refractivity contribution >= 4 is 0 Å². The summed E-state index contributed by atoms with van der Waals surface area (Å²) >= 11 is 0. The SMILES string of the molecule is C=C(CCCCC)C[C@H]1CC[C@H](C)O[C@@H]1C. The molecular weight excluding hydrogens is 196 g/mol. The minimum absolute atomic E-state index is 0.423. The van der Waals surface area contributed by atoms with Gasteiger partial charge in [0.2, 0.25) is 0 Å². The first-order chi connectivity index (χ1) is 7.63. The fourth-order valence-corrected chi connectivity index (χ4v) is 2.59. The highest BCUT2D eigenvalue weighted by Crippen LogP contribution is 2.30. The Bertz CT molecular complexity index is 209. The molecule has 0 aromatic rings. The summed E-state index contributed by atoms with van der Waals surface area (Å²) in [6, 6.07) is 0. The summed E-state index contributed by atoms with van der Waals surface area (Å²) in [5.74, 6) is 0.713. The van der Waals surface area contributed by atoms with Gasteiger partial charge in [-0.15, -0.1) is 0 Å². The average Bonchev–Trinajstić information content (AvgIpc) is 2.23. The molecule has 0 aliphatic carbocycles. The fraction of sp³-hybridized carbons (Fsp3) is 0.867. The maximum absolute atomic E-state index is 5.88. The second-order valence-corrected chi connectivity index (χ2v) is 5.40. The lowest BCUT2D eigenvalue weighted by Gasteiger charge is -2.33. The highest BCUT2D eigenvalue weighted by Gasteiger charge is 2.25. The molecule has 0 radical (unpaired) electrons. The van der Waals surface area contributed by atoms with E-state index < -0.39 is 0 Å². The molecule has 0 aromatic heterocycles. The van der Waals surface area contributed by atoms with E-state index in [1.54, 1.807) is 0 Å². The quantitative estimate of drug-likeness (QED) is 0.468. The first kappa shape index (κ1) is 13.8. The molecule has 1 saturated heterocycles. The lowest BCUT2D eigenvalue weighted by molar-refractivity contribution is -0.0643. The minimum Gasteiger partial charge on any atom is -0.375 e. The molecule has 94 valence electrons. The van der Waals surface area contributed by atoms with Gasteiger partial charge in [-0.3, -0.25) is 0 Å². The van der Waals surface area contributed by atoms with Gasteiger partial charge in [-0.25, -0.2) is 0 Å². The topological polar surface area (TPSA) is 9.23 Å². The van der Waals surface area contributed by atoms with Crippen LogP contribution in [0.3, 0.4) is 0 Å². The van der Waals surface area contributed by atoms with E-state index in [2.05, 4.69) is 27.4 Å². The molecule has 0 unspecified atom stereocenters. The monoisotopic (exact) mass is 224 g/mol. The number of allylic oxidation sites excluding steroid dienone is 1. The Morgan fingerprint density at radius 1 is 1.25 bits per heavy atom. The van der Waals surface area contributed by atoms with E-state index in [0.29, 0.717) is 18.1 Å². The van der Waals surface area contributed by atoms with Crippen LogP contribution in [-0.4, -0.2) is 12.2 Å². The third kappa shape index (κ3) is 4.69. The van der Waals surface area contributed by atoms with Crippen molar-refractivity contribution in [1.29, 1.82) is 0 Å². The Morgan fingerprint density at radius 2 is 2.00 bits per heavy atom. The molecule has 1 heterocycles. The molecule has 0 amide bonds. The third-order valence-corrected chi connectivity index (χ3v) is 3.74. The molecule has 0 bridgehead atoms. The zero-order valence-electron chi connectivity index (χ0n) is 11.3. The van der Waals surface area contributed by atoms with Gasteiger partial charge in [0.1, 0.15) is 0 Å². The molecular formula is C15H28O. The van der Waals surface area contributed by atoms with Crippen LogP contribution in [0.4, 0.5) is 0 Å². The molecule has 16 heavy (non-hydrogen) atoms. The zero-order valence-corrected chi connectivity index (χ0v) is 11.3. The van der Waals surface area contributed by atoms with Gasteiger partial charge in [-0.2, -0.15) is 0 Å². The van der Waals surface area contributed by atoms with Crippen LogP contribution in [0.15, 0.2) is 12.2 Å². The Morgan fingerprint density at radius 3 is 2.62 bits per heavy atom. The molecule has 0 aromatic carbocycles. The average molecular weight is 224 g/mol. The Hall–Kier alpha value is -0.300. The summed E-state index contributed by atoms with van der Waals surface area (Å²) in [7, 11) is 0. The summed E-state index contributed by atoms with van der Waals surface area (Å²) in [6.45, 7) is 10.9. The summed E-state index contributed by atoms with van der Waals surface area (Å²) in [6.07, 6.45) is 9.76. The van der Waals surface area contributed by atoms with E-state index in [4.69, 9.17) is 4.74 Å². The molecule has 1 aliphatic heterocycles. The van der Waals surface area contributed by atoms with Gasteiger partial charge in [0.05, 0.1) is 12.2 Å². The maximum atomic E-state index is 5.88. The van der Waals surface area contributed by atoms with Crippen LogP contribution in [-0.2, 0) is 4.74 Å². The number of ether oxygens (including phenoxy) is 1. The summed E-state index contributed by atoms with van der Waals surface area (Å²) in [5.41, 5.74) is 1.43. The van der Waals surface area contributed by atoms with Crippen LogP contribution in [0.5, 0.6) is 0 Å². The highest BCUT2D eigenvalue weighted by atomic mass is 16.5. The number of hydrogen-bond acceptors (Lipinski definition) is 1. The van der Waals surface area contributed by atoms with Crippen LogP contribution < -0.4 is 0 Å².